The topological polar surface area (TPSA) is 107 Å². The number of halogens is 1. The number of esters is 1. The summed E-state index contributed by atoms with van der Waals surface area (Å²) >= 11 is 3.55. The van der Waals surface area contributed by atoms with E-state index in [0.29, 0.717) is 44.1 Å². The molecule has 0 bridgehead atoms. The van der Waals surface area contributed by atoms with Crippen LogP contribution in [-0.4, -0.2) is 49.9 Å². The Hall–Kier alpha value is -3.66. The van der Waals surface area contributed by atoms with Crippen molar-refractivity contribution in [2.75, 3.05) is 25.3 Å². The highest BCUT2D eigenvalue weighted by molar-refractivity contribution is 9.10. The first-order chi connectivity index (χ1) is 18.8. The fourth-order valence-corrected chi connectivity index (χ4v) is 5.00. The first-order valence-corrected chi connectivity index (χ1v) is 13.8. The minimum absolute atomic E-state index is 0.117. The van der Waals surface area contributed by atoms with E-state index in [1.165, 1.54) is 18.5 Å². The fraction of sp³-hybridized carbons (Fsp3) is 0.379. The highest BCUT2D eigenvalue weighted by Gasteiger charge is 2.29. The Kier molecular flexibility index (Phi) is 9.40. The van der Waals surface area contributed by atoms with Gasteiger partial charge in [-0.3, -0.25) is 9.59 Å². The van der Waals surface area contributed by atoms with Gasteiger partial charge in [-0.25, -0.2) is 4.79 Å². The number of hydrogen-bond acceptors (Lipinski definition) is 7. The highest BCUT2D eigenvalue weighted by atomic mass is 79.9. The molecular formula is C29H32BrN3O6. The molecule has 1 fully saturated rings. The van der Waals surface area contributed by atoms with Crippen molar-refractivity contribution in [3.05, 3.63) is 57.6 Å². The molecule has 39 heavy (non-hydrogen) atoms. The van der Waals surface area contributed by atoms with Crippen molar-refractivity contribution < 1.29 is 28.6 Å². The van der Waals surface area contributed by atoms with E-state index in [1.807, 2.05) is 0 Å². The van der Waals surface area contributed by atoms with Gasteiger partial charge in [0.1, 0.15) is 0 Å². The molecule has 1 aliphatic carbocycles. The second-order valence-corrected chi connectivity index (χ2v) is 10.2. The number of nitrogens with one attached hydrogen (secondary N) is 1. The molecule has 1 aliphatic heterocycles. The molecule has 0 aromatic heterocycles. The van der Waals surface area contributed by atoms with E-state index in [1.54, 1.807) is 56.3 Å². The molecule has 1 heterocycles. The number of methoxy groups -OCH3 is 1. The number of hydrazone groups is 1. The van der Waals surface area contributed by atoms with Crippen molar-refractivity contribution in [2.45, 2.75) is 52.0 Å². The van der Waals surface area contributed by atoms with Crippen LogP contribution in [0.4, 0.5) is 5.69 Å². The predicted octanol–water partition coefficient (Wildman–Crippen LogP) is 5.27. The summed E-state index contributed by atoms with van der Waals surface area (Å²) < 4.78 is 17.0. The minimum Gasteiger partial charge on any atom is -0.493 e. The first kappa shape index (κ1) is 28.4. The van der Waals surface area contributed by atoms with Gasteiger partial charge in [-0.1, -0.05) is 35.2 Å². The zero-order chi connectivity index (χ0) is 27.9. The zero-order valence-corrected chi connectivity index (χ0v) is 23.9. The normalized spacial score (nSPS) is 16.7. The summed E-state index contributed by atoms with van der Waals surface area (Å²) in [5.41, 5.74) is 2.56. The van der Waals surface area contributed by atoms with Gasteiger partial charge in [-0.15, -0.1) is 0 Å². The van der Waals surface area contributed by atoms with E-state index in [0.717, 1.165) is 25.7 Å². The maximum Gasteiger partial charge on any atom is 0.338 e. The van der Waals surface area contributed by atoms with Crippen molar-refractivity contribution in [2.24, 2.45) is 5.10 Å². The molecule has 0 saturated heterocycles. The number of hydrogen-bond donors (Lipinski definition) is 1. The number of amides is 2. The van der Waals surface area contributed by atoms with Crippen molar-refractivity contribution in [3.63, 3.8) is 0 Å². The second-order valence-electron chi connectivity index (χ2n) is 9.34. The highest BCUT2D eigenvalue weighted by Crippen LogP contribution is 2.36. The Morgan fingerprint density at radius 1 is 1.13 bits per heavy atom. The number of carbonyl (C=O) groups excluding carboxylic acids is 3. The van der Waals surface area contributed by atoms with E-state index in [4.69, 9.17) is 14.2 Å². The first-order valence-electron chi connectivity index (χ1n) is 13.0. The maximum atomic E-state index is 13.3. The Morgan fingerprint density at radius 3 is 2.51 bits per heavy atom. The lowest BCUT2D eigenvalue weighted by Gasteiger charge is -2.22. The number of rotatable bonds is 9. The third-order valence-electron chi connectivity index (χ3n) is 6.60. The van der Waals surface area contributed by atoms with Crippen LogP contribution < -0.4 is 19.8 Å². The van der Waals surface area contributed by atoms with Crippen LogP contribution in [0.25, 0.3) is 6.08 Å². The third-order valence-corrected chi connectivity index (χ3v) is 7.28. The number of carbonyl (C=O) groups is 3. The smallest absolute Gasteiger partial charge is 0.338 e. The van der Waals surface area contributed by atoms with Gasteiger partial charge in [-0.2, -0.15) is 10.1 Å². The zero-order valence-electron chi connectivity index (χ0n) is 22.3. The lowest BCUT2D eigenvalue weighted by Crippen LogP contribution is -2.39. The standard InChI is InChI=1S/C29H32BrN3O6/c1-4-38-29(36)19-10-12-22(13-11-19)33-28(35)23(18(2)32-33)14-20-15-25(37-3)26(16-24(20)30)39-17-27(34)31-21-8-6-5-7-9-21/h10-16,21H,4-9,17H2,1-3H3,(H,31,34). The van der Waals surface area contributed by atoms with Crippen LogP contribution >= 0.6 is 15.9 Å². The number of nitrogens with zero attached hydrogens (tertiary/aromatic N) is 2. The summed E-state index contributed by atoms with van der Waals surface area (Å²) in [5, 5.41) is 8.75. The summed E-state index contributed by atoms with van der Waals surface area (Å²) in [7, 11) is 1.52. The number of anilines is 1. The molecule has 0 unspecified atom stereocenters. The molecule has 4 rings (SSSR count). The largest absolute Gasteiger partial charge is 0.493 e. The lowest BCUT2D eigenvalue weighted by molar-refractivity contribution is -0.124. The maximum absolute atomic E-state index is 13.3. The van der Waals surface area contributed by atoms with Gasteiger partial charge < -0.3 is 19.5 Å². The van der Waals surface area contributed by atoms with Gasteiger partial charge in [0.15, 0.2) is 18.1 Å². The Balaban J connectivity index is 1.47. The fourth-order valence-electron chi connectivity index (χ4n) is 4.56. The van der Waals surface area contributed by atoms with Crippen molar-refractivity contribution in [1.82, 2.24) is 5.32 Å². The van der Waals surface area contributed by atoms with E-state index in [-0.39, 0.29) is 31.1 Å². The summed E-state index contributed by atoms with van der Waals surface area (Å²) in [6, 6.07) is 10.2. The number of ether oxygens (including phenoxy) is 3. The SMILES string of the molecule is CCOC(=O)c1ccc(N2N=C(C)C(=Cc3cc(OC)c(OCC(=O)NC4CCCCC4)cc3Br)C2=O)cc1. The van der Waals surface area contributed by atoms with Gasteiger partial charge in [0.25, 0.3) is 11.8 Å². The van der Waals surface area contributed by atoms with Crippen molar-refractivity contribution >= 4 is 51.2 Å². The van der Waals surface area contributed by atoms with E-state index in [2.05, 4.69) is 26.3 Å². The van der Waals surface area contributed by atoms with Crippen LogP contribution in [0.15, 0.2) is 51.5 Å². The molecule has 0 spiro atoms. The molecule has 9 nitrogen and oxygen atoms in total. The van der Waals surface area contributed by atoms with Crippen LogP contribution in [-0.2, 0) is 14.3 Å². The molecule has 0 radical (unpaired) electrons. The summed E-state index contributed by atoms with van der Waals surface area (Å²) in [4.78, 5) is 37.6. The van der Waals surface area contributed by atoms with Crippen LogP contribution in [0.1, 0.15) is 61.9 Å². The molecule has 1 saturated carbocycles. The van der Waals surface area contributed by atoms with Crippen molar-refractivity contribution in [3.8, 4) is 11.5 Å². The van der Waals surface area contributed by atoms with Gasteiger partial charge in [0, 0.05) is 10.5 Å². The molecule has 2 aromatic carbocycles. The molecular weight excluding hydrogens is 566 g/mol. The van der Waals surface area contributed by atoms with Crippen LogP contribution in [0.3, 0.4) is 0 Å². The average Bonchev–Trinajstić information content (AvgIpc) is 3.22. The monoisotopic (exact) mass is 597 g/mol. The van der Waals surface area contributed by atoms with Gasteiger partial charge in [-0.05, 0) is 74.7 Å². The average molecular weight is 598 g/mol. The van der Waals surface area contributed by atoms with E-state index < -0.39 is 5.97 Å². The molecule has 2 aromatic rings. The van der Waals surface area contributed by atoms with Gasteiger partial charge in [0.2, 0.25) is 0 Å². The molecule has 0 atom stereocenters. The van der Waals surface area contributed by atoms with Gasteiger partial charge in [0.05, 0.1) is 36.3 Å². The third kappa shape index (κ3) is 6.86. The lowest BCUT2D eigenvalue weighted by atomic mass is 9.95. The van der Waals surface area contributed by atoms with Crippen LogP contribution in [0.2, 0.25) is 0 Å². The van der Waals surface area contributed by atoms with Gasteiger partial charge >= 0.3 is 5.97 Å². The summed E-state index contributed by atoms with van der Waals surface area (Å²) in [6.07, 6.45) is 7.21. The minimum atomic E-state index is -0.423. The molecule has 206 valence electrons. The Morgan fingerprint density at radius 2 is 1.85 bits per heavy atom. The summed E-state index contributed by atoms with van der Waals surface area (Å²) in [5.74, 6) is -0.0427. The van der Waals surface area contributed by atoms with Crippen LogP contribution in [0.5, 0.6) is 11.5 Å². The molecule has 1 N–H and O–H groups in total. The van der Waals surface area contributed by atoms with E-state index in [9.17, 15) is 14.4 Å². The van der Waals surface area contributed by atoms with Crippen molar-refractivity contribution in [1.29, 1.82) is 0 Å². The predicted molar refractivity (Wildman–Crippen MR) is 152 cm³/mol. The molecule has 2 amide bonds. The molecule has 10 heteroatoms. The quantitative estimate of drug-likeness (QED) is 0.312. The van der Waals surface area contributed by atoms with Crippen LogP contribution in [0, 0.1) is 0 Å². The summed E-state index contributed by atoms with van der Waals surface area (Å²) in [6.45, 7) is 3.66. The Labute approximate surface area is 236 Å². The molecule has 2 aliphatic rings. The number of benzene rings is 2. The second kappa shape index (κ2) is 12.9. The Bertz CT molecular complexity index is 1300. The van der Waals surface area contributed by atoms with E-state index >= 15 is 0 Å².